The first kappa shape index (κ1) is 40.4. The van der Waals surface area contributed by atoms with E-state index in [0.717, 1.165) is 30.8 Å². The van der Waals surface area contributed by atoms with Gasteiger partial charge in [-0.2, -0.15) is 0 Å². The van der Waals surface area contributed by atoms with Gasteiger partial charge in [-0.15, -0.1) is 17.9 Å². The van der Waals surface area contributed by atoms with Gasteiger partial charge in [0, 0.05) is 41.3 Å². The smallest absolute Gasteiger partial charge is 0.408 e. The lowest BCUT2D eigenvalue weighted by Crippen LogP contribution is -2.58. The monoisotopic (exact) mass is 798 g/mol. The van der Waals surface area contributed by atoms with E-state index in [-0.39, 0.29) is 31.5 Å². The Hall–Kier alpha value is -4.24. The number of amides is 3. The average molecular weight is 799 g/mol. The minimum atomic E-state index is -4.83. The van der Waals surface area contributed by atoms with Crippen molar-refractivity contribution in [3.05, 3.63) is 42.3 Å². The minimum absolute atomic E-state index is 0.00650. The van der Waals surface area contributed by atoms with E-state index in [4.69, 9.17) is 24.2 Å². The van der Waals surface area contributed by atoms with Gasteiger partial charge in [0.05, 0.1) is 24.9 Å². The van der Waals surface area contributed by atoms with Crippen LogP contribution in [0.4, 0.5) is 9.93 Å². The van der Waals surface area contributed by atoms with Crippen LogP contribution in [0.25, 0.3) is 22.3 Å². The second-order valence-corrected chi connectivity index (χ2v) is 18.7. The summed E-state index contributed by atoms with van der Waals surface area (Å²) in [4.78, 5) is 73.4. The number of nitrogens with one attached hydrogen (secondary N) is 3. The third kappa shape index (κ3) is 8.77. The van der Waals surface area contributed by atoms with E-state index in [1.165, 1.54) is 22.3 Å². The number of anilines is 1. The third-order valence-corrected chi connectivity index (χ3v) is 12.8. The highest BCUT2D eigenvalue weighted by Gasteiger charge is 2.66. The molecule has 3 aliphatic rings. The Morgan fingerprint density at radius 1 is 1.11 bits per heavy atom. The van der Waals surface area contributed by atoms with Gasteiger partial charge in [-0.1, -0.05) is 26.8 Å². The molecule has 2 aliphatic carbocycles. The van der Waals surface area contributed by atoms with Crippen molar-refractivity contribution in [2.24, 2.45) is 11.3 Å². The molecule has 5 N–H and O–H groups in total. The fourth-order valence-corrected chi connectivity index (χ4v) is 9.40. The van der Waals surface area contributed by atoms with Crippen LogP contribution in [-0.2, 0) is 18.9 Å². The number of hydrogen-bond acceptors (Lipinski definition) is 11. The Balaban J connectivity index is 1.33. The molecule has 0 spiro atoms. The molecule has 1 saturated heterocycles. The Kier molecular flexibility index (Phi) is 11.6. The predicted molar refractivity (Wildman–Crippen MR) is 209 cm³/mol. The quantitative estimate of drug-likeness (QED) is 0.103. The summed E-state index contributed by atoms with van der Waals surface area (Å²) in [5.41, 5.74) is 0.921. The van der Waals surface area contributed by atoms with Gasteiger partial charge in [0.2, 0.25) is 11.8 Å². The number of fused-ring (bicyclic) bond motifs is 1. The SMILES string of the molecule is C=C[C@@H]1C[C@]1(NC(=O)C1C[C@@H](Oc2cc(-c3csc(NC(C)C)n3)nc3cc(OC)ccc23)CN1C(=O)C(NC(=O)OC1CCCC1)C(C)(C)C)P(=O)(O)O. The number of alkyl carbamates (subject to hydrolysis) is 1. The number of nitrogens with zero attached hydrogens (tertiary/aromatic N) is 3. The molecule has 2 unspecified atom stereocenters. The number of benzene rings is 1. The van der Waals surface area contributed by atoms with Crippen LogP contribution < -0.4 is 25.4 Å². The largest absolute Gasteiger partial charge is 0.497 e. The number of hydrogen-bond donors (Lipinski definition) is 5. The molecule has 55 heavy (non-hydrogen) atoms. The van der Waals surface area contributed by atoms with E-state index in [0.29, 0.717) is 33.8 Å². The first-order chi connectivity index (χ1) is 25.9. The van der Waals surface area contributed by atoms with Crippen molar-refractivity contribution < 1.29 is 42.9 Å². The molecule has 298 valence electrons. The Bertz CT molecular complexity index is 1990. The van der Waals surface area contributed by atoms with Crippen molar-refractivity contribution in [1.29, 1.82) is 0 Å². The van der Waals surface area contributed by atoms with E-state index < -0.39 is 60.3 Å². The van der Waals surface area contributed by atoms with E-state index in [1.54, 1.807) is 46.1 Å². The van der Waals surface area contributed by atoms with Crippen molar-refractivity contribution in [3.8, 4) is 22.9 Å². The molecule has 2 saturated carbocycles. The normalized spacial score (nSPS) is 23.4. The van der Waals surface area contributed by atoms with Crippen molar-refractivity contribution in [2.75, 3.05) is 19.0 Å². The fourth-order valence-electron chi connectivity index (χ4n) is 7.32. The molecule has 6 rings (SSSR count). The molecule has 3 fully saturated rings. The number of methoxy groups -OCH3 is 1. The van der Waals surface area contributed by atoms with Crippen LogP contribution in [0.2, 0.25) is 0 Å². The summed E-state index contributed by atoms with van der Waals surface area (Å²) in [6.07, 6.45) is 3.10. The number of carbonyl (C=O) groups is 3. The van der Waals surface area contributed by atoms with E-state index in [2.05, 4.69) is 22.5 Å². The van der Waals surface area contributed by atoms with Crippen molar-refractivity contribution >= 4 is 52.9 Å². The van der Waals surface area contributed by atoms with Gasteiger partial charge in [0.25, 0.3) is 0 Å². The summed E-state index contributed by atoms with van der Waals surface area (Å²) in [6.45, 7) is 13.0. The highest BCUT2D eigenvalue weighted by atomic mass is 32.1. The summed E-state index contributed by atoms with van der Waals surface area (Å²) in [5, 5.41) is 10.1. The number of carbonyl (C=O) groups excluding carboxylic acids is 3. The van der Waals surface area contributed by atoms with Crippen molar-refractivity contribution in [3.63, 3.8) is 0 Å². The zero-order valence-corrected chi connectivity index (χ0v) is 33.7. The lowest BCUT2D eigenvalue weighted by Gasteiger charge is -2.35. The van der Waals surface area contributed by atoms with Crippen LogP contribution in [0.15, 0.2) is 42.3 Å². The lowest BCUT2D eigenvalue weighted by atomic mass is 9.85. The molecule has 5 atom stereocenters. The van der Waals surface area contributed by atoms with Crippen LogP contribution in [0, 0.1) is 11.3 Å². The van der Waals surface area contributed by atoms with Gasteiger partial charge in [-0.3, -0.25) is 14.2 Å². The summed E-state index contributed by atoms with van der Waals surface area (Å²) < 4.78 is 30.5. The Morgan fingerprint density at radius 3 is 2.45 bits per heavy atom. The zero-order valence-electron chi connectivity index (χ0n) is 32.0. The van der Waals surface area contributed by atoms with Gasteiger partial charge in [0.15, 0.2) is 5.13 Å². The summed E-state index contributed by atoms with van der Waals surface area (Å²) >= 11 is 1.44. The van der Waals surface area contributed by atoms with Crippen LogP contribution in [-0.4, -0.2) is 91.8 Å². The molecular weight excluding hydrogens is 747 g/mol. The van der Waals surface area contributed by atoms with Crippen LogP contribution in [0.3, 0.4) is 0 Å². The van der Waals surface area contributed by atoms with Crippen LogP contribution in [0.5, 0.6) is 11.5 Å². The number of likely N-dealkylation sites (tertiary alicyclic amines) is 1. The molecule has 15 nitrogen and oxygen atoms in total. The Labute approximate surface area is 324 Å². The topological polar surface area (TPSA) is 202 Å². The molecule has 3 aromatic rings. The van der Waals surface area contributed by atoms with E-state index in [9.17, 15) is 28.7 Å². The van der Waals surface area contributed by atoms with Crippen molar-refractivity contribution in [1.82, 2.24) is 25.5 Å². The second kappa shape index (κ2) is 15.7. The number of ether oxygens (including phenoxy) is 3. The van der Waals surface area contributed by atoms with E-state index in [1.807, 2.05) is 25.3 Å². The summed E-state index contributed by atoms with van der Waals surface area (Å²) in [7, 11) is -3.27. The van der Waals surface area contributed by atoms with Gasteiger partial charge < -0.3 is 44.8 Å². The highest BCUT2D eigenvalue weighted by Crippen LogP contribution is 2.67. The number of thiazole rings is 1. The maximum atomic E-state index is 14.6. The molecule has 0 bridgehead atoms. The molecular formula is C38H51N6O9PS. The highest BCUT2D eigenvalue weighted by molar-refractivity contribution is 7.54. The van der Waals surface area contributed by atoms with Crippen LogP contribution in [0.1, 0.15) is 73.1 Å². The van der Waals surface area contributed by atoms with E-state index >= 15 is 0 Å². The van der Waals surface area contributed by atoms with Gasteiger partial charge in [-0.05, 0) is 63.5 Å². The molecule has 1 aliphatic heterocycles. The maximum Gasteiger partial charge on any atom is 0.408 e. The lowest BCUT2D eigenvalue weighted by molar-refractivity contribution is -0.142. The summed E-state index contributed by atoms with van der Waals surface area (Å²) in [6, 6.07) is 5.02. The predicted octanol–water partition coefficient (Wildman–Crippen LogP) is 5.82. The molecule has 17 heteroatoms. The standard InChI is InChI=1S/C38H51N6O9PS/c1-8-22-18-38(22,54(48,49)50)43-33(45)30-16-25(19-44(30)34(46)32(37(4,5)6)42-36(47)53-23-11-9-10-12-23)52-31-17-28(29-20-55-35(41-29)39-21(2)3)40-27-15-24(51-7)13-14-26(27)31/h8,13-15,17,20-23,25,30,32H,1,9-12,16,18-19H2,2-7H3,(H,39,41)(H,42,47)(H,43,45)(H2,48,49,50)/t22-,25-,30?,32?,38+/m1/s1. The zero-order chi connectivity index (χ0) is 39.9. The number of aromatic nitrogens is 2. The molecule has 3 heterocycles. The minimum Gasteiger partial charge on any atom is -0.497 e. The number of pyridine rings is 1. The summed E-state index contributed by atoms with van der Waals surface area (Å²) in [5.74, 6) is -0.933. The van der Waals surface area contributed by atoms with Crippen molar-refractivity contribution in [2.45, 2.75) is 109 Å². The maximum absolute atomic E-state index is 14.6. The fraction of sp³-hybridized carbons (Fsp3) is 0.553. The average Bonchev–Trinajstić information content (AvgIpc) is 3.50. The van der Waals surface area contributed by atoms with Gasteiger partial charge in [-0.25, -0.2) is 14.8 Å². The number of rotatable bonds is 13. The molecule has 2 aromatic heterocycles. The molecule has 1 aromatic carbocycles. The Morgan fingerprint density at radius 2 is 1.84 bits per heavy atom. The van der Waals surface area contributed by atoms with Gasteiger partial charge in [0.1, 0.15) is 46.8 Å². The first-order valence-corrected chi connectivity index (χ1v) is 21.1. The first-order valence-electron chi connectivity index (χ1n) is 18.6. The van der Waals surface area contributed by atoms with Gasteiger partial charge >= 0.3 is 13.7 Å². The third-order valence-electron chi connectivity index (χ3n) is 10.4. The second-order valence-electron chi connectivity index (χ2n) is 16.0. The molecule has 3 amide bonds. The van der Waals surface area contributed by atoms with Crippen LogP contribution >= 0.6 is 18.9 Å². The molecule has 0 radical (unpaired) electrons.